The van der Waals surface area contributed by atoms with Crippen molar-refractivity contribution in [3.8, 4) is 11.5 Å². The second-order valence-electron chi connectivity index (χ2n) is 4.08. The van der Waals surface area contributed by atoms with Gasteiger partial charge in [-0.2, -0.15) is 0 Å². The highest BCUT2D eigenvalue weighted by Crippen LogP contribution is 2.40. The Balaban J connectivity index is 3.32. The first kappa shape index (κ1) is 15.2. The monoisotopic (exact) mass is 269 g/mol. The first-order valence-electron chi connectivity index (χ1n) is 6.27. The van der Waals surface area contributed by atoms with E-state index >= 15 is 0 Å². The van der Waals surface area contributed by atoms with Crippen molar-refractivity contribution in [1.82, 2.24) is 0 Å². The fourth-order valence-electron chi connectivity index (χ4n) is 1.60. The van der Waals surface area contributed by atoms with Gasteiger partial charge in [0.2, 0.25) is 5.75 Å². The summed E-state index contributed by atoms with van der Waals surface area (Å²) in [6, 6.07) is 2.89. The summed E-state index contributed by atoms with van der Waals surface area (Å²) in [6.45, 7) is 5.97. The van der Waals surface area contributed by atoms with Crippen LogP contribution in [0.1, 0.15) is 38.9 Å². The van der Waals surface area contributed by atoms with Crippen molar-refractivity contribution in [3.05, 3.63) is 27.8 Å². The van der Waals surface area contributed by atoms with Crippen LogP contribution in [0.5, 0.6) is 11.5 Å². The molecule has 0 aliphatic heterocycles. The Kier molecular flexibility index (Phi) is 5.57. The molecular formula is C13H19NO5. The number of nitrogens with zero attached hydrogens (tertiary/aromatic N) is 1. The standard InChI is InChI=1S/C13H19NO5/c1-4-6-19-13-11(14(16)17)7-10(9(3)15)8-12(13)18-5-2/h7-9,15H,4-6H2,1-3H3. The van der Waals surface area contributed by atoms with Crippen molar-refractivity contribution in [2.45, 2.75) is 33.3 Å². The molecule has 106 valence electrons. The number of aliphatic hydroxyl groups is 1. The molecule has 19 heavy (non-hydrogen) atoms. The van der Waals surface area contributed by atoms with E-state index in [1.807, 2.05) is 6.92 Å². The van der Waals surface area contributed by atoms with Crippen LogP contribution in [0.25, 0.3) is 0 Å². The van der Waals surface area contributed by atoms with Crippen LogP contribution in [-0.2, 0) is 0 Å². The molecule has 0 aromatic heterocycles. The van der Waals surface area contributed by atoms with E-state index in [0.717, 1.165) is 6.42 Å². The van der Waals surface area contributed by atoms with Crippen molar-refractivity contribution in [2.75, 3.05) is 13.2 Å². The van der Waals surface area contributed by atoms with Gasteiger partial charge >= 0.3 is 5.69 Å². The van der Waals surface area contributed by atoms with E-state index in [4.69, 9.17) is 9.47 Å². The molecule has 1 N–H and O–H groups in total. The van der Waals surface area contributed by atoms with Crippen LogP contribution in [0.3, 0.4) is 0 Å². The van der Waals surface area contributed by atoms with Gasteiger partial charge in [-0.05, 0) is 31.9 Å². The van der Waals surface area contributed by atoms with Gasteiger partial charge in [-0.1, -0.05) is 6.92 Å². The molecule has 1 atom stereocenters. The highest BCUT2D eigenvalue weighted by Gasteiger charge is 2.23. The SMILES string of the molecule is CCCOc1c(OCC)cc(C(C)O)cc1[N+](=O)[O-]. The second-order valence-corrected chi connectivity index (χ2v) is 4.08. The number of benzene rings is 1. The minimum absolute atomic E-state index is 0.123. The number of hydrogen-bond donors (Lipinski definition) is 1. The van der Waals surface area contributed by atoms with Crippen LogP contribution < -0.4 is 9.47 Å². The van der Waals surface area contributed by atoms with E-state index in [-0.39, 0.29) is 11.4 Å². The molecule has 1 rings (SSSR count). The van der Waals surface area contributed by atoms with E-state index < -0.39 is 11.0 Å². The van der Waals surface area contributed by atoms with Crippen molar-refractivity contribution >= 4 is 5.69 Å². The summed E-state index contributed by atoms with van der Waals surface area (Å²) < 4.78 is 10.8. The molecule has 0 spiro atoms. The van der Waals surface area contributed by atoms with Crippen LogP contribution in [-0.4, -0.2) is 23.2 Å². The minimum atomic E-state index is -0.807. The maximum Gasteiger partial charge on any atom is 0.315 e. The zero-order valence-electron chi connectivity index (χ0n) is 11.4. The molecule has 0 saturated carbocycles. The number of rotatable bonds is 7. The average molecular weight is 269 g/mol. The van der Waals surface area contributed by atoms with Crippen molar-refractivity contribution in [2.24, 2.45) is 0 Å². The lowest BCUT2D eigenvalue weighted by molar-refractivity contribution is -0.386. The van der Waals surface area contributed by atoms with Gasteiger partial charge < -0.3 is 14.6 Å². The maximum atomic E-state index is 11.1. The summed E-state index contributed by atoms with van der Waals surface area (Å²) in [5.74, 6) is 0.416. The average Bonchev–Trinajstić information content (AvgIpc) is 2.36. The second kappa shape index (κ2) is 6.94. The van der Waals surface area contributed by atoms with Crippen LogP contribution >= 0.6 is 0 Å². The van der Waals surface area contributed by atoms with E-state index in [1.165, 1.54) is 6.07 Å². The van der Waals surface area contributed by atoms with Gasteiger partial charge in [-0.25, -0.2) is 0 Å². The first-order valence-corrected chi connectivity index (χ1v) is 6.27. The molecule has 1 unspecified atom stereocenters. The fourth-order valence-corrected chi connectivity index (χ4v) is 1.60. The lowest BCUT2D eigenvalue weighted by Crippen LogP contribution is -2.05. The Morgan fingerprint density at radius 2 is 2.05 bits per heavy atom. The van der Waals surface area contributed by atoms with Crippen molar-refractivity contribution in [1.29, 1.82) is 0 Å². The van der Waals surface area contributed by atoms with Crippen molar-refractivity contribution < 1.29 is 19.5 Å². The third-order valence-corrected chi connectivity index (χ3v) is 2.49. The Labute approximate surface area is 112 Å². The van der Waals surface area contributed by atoms with Crippen LogP contribution in [0.2, 0.25) is 0 Å². The zero-order chi connectivity index (χ0) is 14.4. The minimum Gasteiger partial charge on any atom is -0.490 e. The Morgan fingerprint density at radius 1 is 1.37 bits per heavy atom. The molecule has 0 amide bonds. The van der Waals surface area contributed by atoms with E-state index in [0.29, 0.717) is 24.5 Å². The van der Waals surface area contributed by atoms with Crippen LogP contribution in [0, 0.1) is 10.1 Å². The third kappa shape index (κ3) is 3.82. The lowest BCUT2D eigenvalue weighted by atomic mass is 10.1. The number of nitro groups is 1. The Bertz CT molecular complexity index is 445. The summed E-state index contributed by atoms with van der Waals surface area (Å²) in [5, 5.41) is 20.7. The summed E-state index contributed by atoms with van der Waals surface area (Å²) in [4.78, 5) is 10.6. The van der Waals surface area contributed by atoms with Gasteiger partial charge in [0.05, 0.1) is 24.2 Å². The number of ether oxygens (including phenoxy) is 2. The summed E-state index contributed by atoms with van der Waals surface area (Å²) in [5.41, 5.74) is 0.245. The molecule has 0 aliphatic carbocycles. The van der Waals surface area contributed by atoms with Gasteiger partial charge in [-0.3, -0.25) is 10.1 Å². The molecule has 0 aliphatic rings. The molecule has 1 aromatic rings. The predicted molar refractivity (Wildman–Crippen MR) is 70.7 cm³/mol. The summed E-state index contributed by atoms with van der Waals surface area (Å²) >= 11 is 0. The van der Waals surface area contributed by atoms with Gasteiger partial charge in [0.15, 0.2) is 5.75 Å². The highest BCUT2D eigenvalue weighted by atomic mass is 16.6. The first-order chi connectivity index (χ1) is 9.01. The summed E-state index contributed by atoms with van der Waals surface area (Å²) in [7, 11) is 0. The molecular weight excluding hydrogens is 250 g/mol. The van der Waals surface area contributed by atoms with Crippen molar-refractivity contribution in [3.63, 3.8) is 0 Å². The molecule has 0 saturated heterocycles. The maximum absolute atomic E-state index is 11.1. The van der Waals surface area contributed by atoms with E-state index in [2.05, 4.69) is 0 Å². The largest absolute Gasteiger partial charge is 0.490 e. The van der Waals surface area contributed by atoms with E-state index in [9.17, 15) is 15.2 Å². The molecule has 6 nitrogen and oxygen atoms in total. The number of aliphatic hydroxyl groups excluding tert-OH is 1. The van der Waals surface area contributed by atoms with Gasteiger partial charge in [0.25, 0.3) is 0 Å². The molecule has 0 bridgehead atoms. The molecule has 0 heterocycles. The third-order valence-electron chi connectivity index (χ3n) is 2.49. The Morgan fingerprint density at radius 3 is 2.53 bits per heavy atom. The Hall–Kier alpha value is -1.82. The molecule has 6 heteroatoms. The number of hydrogen-bond acceptors (Lipinski definition) is 5. The lowest BCUT2D eigenvalue weighted by Gasteiger charge is -2.14. The van der Waals surface area contributed by atoms with Gasteiger partial charge in [0.1, 0.15) is 0 Å². The smallest absolute Gasteiger partial charge is 0.315 e. The van der Waals surface area contributed by atoms with Crippen LogP contribution in [0.15, 0.2) is 12.1 Å². The summed E-state index contributed by atoms with van der Waals surface area (Å²) in [6.07, 6.45) is -0.0703. The quantitative estimate of drug-likeness (QED) is 0.608. The topological polar surface area (TPSA) is 81.8 Å². The fraction of sp³-hybridized carbons (Fsp3) is 0.538. The predicted octanol–water partition coefficient (Wildman–Crippen LogP) is 2.84. The van der Waals surface area contributed by atoms with Crippen LogP contribution in [0.4, 0.5) is 5.69 Å². The zero-order valence-corrected chi connectivity index (χ0v) is 11.4. The molecule has 0 fully saturated rings. The highest BCUT2D eigenvalue weighted by molar-refractivity contribution is 5.58. The normalized spacial score (nSPS) is 12.0. The van der Waals surface area contributed by atoms with Gasteiger partial charge in [-0.15, -0.1) is 0 Å². The van der Waals surface area contributed by atoms with Gasteiger partial charge in [0, 0.05) is 6.07 Å². The molecule has 1 aromatic carbocycles. The number of nitro benzene ring substituents is 1. The van der Waals surface area contributed by atoms with E-state index in [1.54, 1.807) is 19.9 Å². The molecule has 0 radical (unpaired) electrons.